The molecule has 2 aromatic rings. The number of benzene rings is 1. The van der Waals surface area contributed by atoms with Crippen LogP contribution in [0.25, 0.3) is 0 Å². The second kappa shape index (κ2) is 10.4. The second-order valence-corrected chi connectivity index (χ2v) is 11.4. The van der Waals surface area contributed by atoms with Gasteiger partial charge in [0.05, 0.1) is 4.90 Å². The van der Waals surface area contributed by atoms with E-state index in [1.807, 2.05) is 32.0 Å². The first-order valence-corrected chi connectivity index (χ1v) is 13.4. The molecule has 184 valence electrons. The lowest BCUT2D eigenvalue weighted by Gasteiger charge is -2.34. The smallest absolute Gasteiger partial charge is 0.243 e. The molecule has 0 atom stereocenters. The van der Waals surface area contributed by atoms with Crippen LogP contribution < -0.4 is 10.2 Å². The Morgan fingerprint density at radius 1 is 1.03 bits per heavy atom. The van der Waals surface area contributed by atoms with Crippen molar-refractivity contribution in [3.05, 3.63) is 53.2 Å². The lowest BCUT2D eigenvalue weighted by Crippen LogP contribution is -2.45. The molecule has 1 N–H and O–H groups in total. The van der Waals surface area contributed by atoms with Gasteiger partial charge in [0.2, 0.25) is 15.9 Å². The number of anilines is 1. The average Bonchev–Trinajstić information content (AvgIpc) is 2.85. The predicted molar refractivity (Wildman–Crippen MR) is 133 cm³/mol. The van der Waals surface area contributed by atoms with E-state index in [-0.39, 0.29) is 11.8 Å². The number of amides is 1. The van der Waals surface area contributed by atoms with Crippen LogP contribution in [0.15, 0.2) is 41.4 Å². The van der Waals surface area contributed by atoms with E-state index in [0.717, 1.165) is 48.7 Å². The molecule has 2 aliphatic heterocycles. The van der Waals surface area contributed by atoms with Crippen molar-refractivity contribution >= 4 is 21.7 Å². The fourth-order valence-electron chi connectivity index (χ4n) is 4.58. The standard InChI is InChI=1S/C25H35N5O3S/c1-19-6-7-23(17-20(19)2)34(32,33)30-11-8-21(9-12-30)25(31)27-18-22-5-4-10-26-24(22)29-15-13-28(3)14-16-29/h4-7,10,17,21H,8-9,11-16,18H2,1-3H3,(H,27,31). The Bertz CT molecular complexity index is 1120. The molecule has 8 nitrogen and oxygen atoms in total. The average molecular weight is 486 g/mol. The molecular formula is C25H35N5O3S. The molecule has 2 fully saturated rings. The van der Waals surface area contributed by atoms with Gasteiger partial charge in [-0.25, -0.2) is 13.4 Å². The van der Waals surface area contributed by atoms with Gasteiger partial charge < -0.3 is 15.1 Å². The van der Waals surface area contributed by atoms with Crippen LogP contribution in [0.4, 0.5) is 5.82 Å². The van der Waals surface area contributed by atoms with Gasteiger partial charge in [0, 0.05) is 63.5 Å². The number of hydrogen-bond donors (Lipinski definition) is 1. The van der Waals surface area contributed by atoms with Crippen molar-refractivity contribution < 1.29 is 13.2 Å². The number of nitrogens with zero attached hydrogens (tertiary/aromatic N) is 4. The van der Waals surface area contributed by atoms with E-state index in [2.05, 4.69) is 27.1 Å². The number of piperazine rings is 1. The second-order valence-electron chi connectivity index (χ2n) is 9.42. The number of hydrogen-bond acceptors (Lipinski definition) is 6. The lowest BCUT2D eigenvalue weighted by atomic mass is 9.97. The zero-order valence-electron chi connectivity index (χ0n) is 20.3. The highest BCUT2D eigenvalue weighted by Gasteiger charge is 2.32. The zero-order chi connectivity index (χ0) is 24.3. The minimum atomic E-state index is -3.54. The van der Waals surface area contributed by atoms with Crippen LogP contribution in [0, 0.1) is 19.8 Å². The highest BCUT2D eigenvalue weighted by molar-refractivity contribution is 7.89. The van der Waals surface area contributed by atoms with Gasteiger partial charge in [-0.2, -0.15) is 4.31 Å². The summed E-state index contributed by atoms with van der Waals surface area (Å²) < 4.78 is 27.6. The molecule has 1 aromatic heterocycles. The highest BCUT2D eigenvalue weighted by atomic mass is 32.2. The summed E-state index contributed by atoms with van der Waals surface area (Å²) in [7, 11) is -1.42. The minimum Gasteiger partial charge on any atom is -0.354 e. The van der Waals surface area contributed by atoms with Crippen molar-refractivity contribution in [2.24, 2.45) is 5.92 Å². The molecule has 0 spiro atoms. The van der Waals surface area contributed by atoms with E-state index in [1.165, 1.54) is 4.31 Å². The maximum atomic E-state index is 13.1. The molecule has 34 heavy (non-hydrogen) atoms. The molecule has 0 unspecified atom stereocenters. The van der Waals surface area contributed by atoms with E-state index in [4.69, 9.17) is 0 Å². The van der Waals surface area contributed by atoms with Crippen LogP contribution >= 0.6 is 0 Å². The molecule has 1 aromatic carbocycles. The van der Waals surface area contributed by atoms with Gasteiger partial charge in [-0.05, 0) is 63.1 Å². The first-order valence-electron chi connectivity index (χ1n) is 12.0. The fourth-order valence-corrected chi connectivity index (χ4v) is 6.14. The van der Waals surface area contributed by atoms with Crippen LogP contribution in [0.5, 0.6) is 0 Å². The Hall–Kier alpha value is -2.49. The third kappa shape index (κ3) is 5.42. The molecule has 3 heterocycles. The van der Waals surface area contributed by atoms with Crippen LogP contribution in [0.2, 0.25) is 0 Å². The summed E-state index contributed by atoms with van der Waals surface area (Å²) in [6.45, 7) is 8.84. The first kappa shape index (κ1) is 24.6. The SMILES string of the molecule is Cc1ccc(S(=O)(=O)N2CCC(C(=O)NCc3cccnc3N3CCN(C)CC3)CC2)cc1C. The number of aryl methyl sites for hydroxylation is 2. The third-order valence-electron chi connectivity index (χ3n) is 7.06. The Morgan fingerprint density at radius 3 is 2.41 bits per heavy atom. The molecule has 1 amide bonds. The van der Waals surface area contributed by atoms with Crippen LogP contribution in [0.1, 0.15) is 29.5 Å². The van der Waals surface area contributed by atoms with Crippen LogP contribution in [-0.4, -0.2) is 74.8 Å². The van der Waals surface area contributed by atoms with E-state index in [9.17, 15) is 13.2 Å². The number of carbonyl (C=O) groups excluding carboxylic acids is 1. The van der Waals surface area contributed by atoms with Gasteiger partial charge in [-0.3, -0.25) is 4.79 Å². The number of piperidine rings is 1. The van der Waals surface area contributed by atoms with Crippen LogP contribution in [-0.2, 0) is 21.4 Å². The van der Waals surface area contributed by atoms with Crippen molar-refractivity contribution in [3.63, 3.8) is 0 Å². The van der Waals surface area contributed by atoms with E-state index < -0.39 is 10.0 Å². The zero-order valence-corrected chi connectivity index (χ0v) is 21.1. The molecule has 0 saturated carbocycles. The van der Waals surface area contributed by atoms with Gasteiger partial charge in [-0.1, -0.05) is 12.1 Å². The van der Waals surface area contributed by atoms with Crippen molar-refractivity contribution in [2.45, 2.75) is 38.1 Å². The molecule has 0 bridgehead atoms. The van der Waals surface area contributed by atoms with E-state index in [0.29, 0.717) is 37.4 Å². The molecule has 2 saturated heterocycles. The third-order valence-corrected chi connectivity index (χ3v) is 8.96. The van der Waals surface area contributed by atoms with Gasteiger partial charge in [0.1, 0.15) is 5.82 Å². The number of likely N-dealkylation sites (N-methyl/N-ethyl adjacent to an activating group) is 1. The monoisotopic (exact) mass is 485 g/mol. The number of carbonyl (C=O) groups is 1. The predicted octanol–water partition coefficient (Wildman–Crippen LogP) is 2.17. The summed E-state index contributed by atoms with van der Waals surface area (Å²) in [5, 5.41) is 3.07. The molecule has 4 rings (SSSR count). The lowest BCUT2D eigenvalue weighted by molar-refractivity contribution is -0.126. The summed E-state index contributed by atoms with van der Waals surface area (Å²) in [5.74, 6) is 0.733. The van der Waals surface area contributed by atoms with Gasteiger partial charge in [0.25, 0.3) is 0 Å². The maximum absolute atomic E-state index is 13.1. The van der Waals surface area contributed by atoms with Gasteiger partial charge in [0.15, 0.2) is 0 Å². The summed E-state index contributed by atoms with van der Waals surface area (Å²) in [6, 6.07) is 9.16. The number of pyridine rings is 1. The largest absolute Gasteiger partial charge is 0.354 e. The topological polar surface area (TPSA) is 85.8 Å². The van der Waals surface area contributed by atoms with Crippen LogP contribution in [0.3, 0.4) is 0 Å². The molecule has 2 aliphatic rings. The number of nitrogens with one attached hydrogen (secondary N) is 1. The Balaban J connectivity index is 1.33. The highest BCUT2D eigenvalue weighted by Crippen LogP contribution is 2.26. The van der Waals surface area contributed by atoms with E-state index >= 15 is 0 Å². The normalized spacial score (nSPS) is 18.7. The van der Waals surface area contributed by atoms with Crippen molar-refractivity contribution in [2.75, 3.05) is 51.2 Å². The molecule has 9 heteroatoms. The van der Waals surface area contributed by atoms with E-state index in [1.54, 1.807) is 18.3 Å². The number of sulfonamides is 1. The van der Waals surface area contributed by atoms with Crippen molar-refractivity contribution in [3.8, 4) is 0 Å². The quantitative estimate of drug-likeness (QED) is 0.675. The van der Waals surface area contributed by atoms with Crippen molar-refractivity contribution in [1.29, 1.82) is 0 Å². The number of aromatic nitrogens is 1. The molecular weight excluding hydrogens is 450 g/mol. The summed E-state index contributed by atoms with van der Waals surface area (Å²) in [6.07, 6.45) is 2.84. The molecule has 0 radical (unpaired) electrons. The summed E-state index contributed by atoms with van der Waals surface area (Å²) >= 11 is 0. The Labute approximate surface area is 203 Å². The Morgan fingerprint density at radius 2 is 1.74 bits per heavy atom. The number of rotatable bonds is 6. The summed E-state index contributed by atoms with van der Waals surface area (Å²) in [4.78, 5) is 22.4. The van der Waals surface area contributed by atoms with Crippen molar-refractivity contribution in [1.82, 2.24) is 19.5 Å². The van der Waals surface area contributed by atoms with Gasteiger partial charge in [-0.15, -0.1) is 0 Å². The maximum Gasteiger partial charge on any atom is 0.243 e. The van der Waals surface area contributed by atoms with Gasteiger partial charge >= 0.3 is 0 Å². The fraction of sp³-hybridized carbons (Fsp3) is 0.520. The molecule has 0 aliphatic carbocycles. The minimum absolute atomic E-state index is 0.0172. The first-order chi connectivity index (χ1) is 16.3. The summed E-state index contributed by atoms with van der Waals surface area (Å²) in [5.41, 5.74) is 3.04. The Kier molecular flexibility index (Phi) is 7.54.